The minimum Gasteiger partial charge on any atom is -0.480 e. The van der Waals surface area contributed by atoms with E-state index in [4.69, 9.17) is 4.74 Å². The minimum absolute atomic E-state index is 0.0881. The Morgan fingerprint density at radius 2 is 1.89 bits per heavy atom. The van der Waals surface area contributed by atoms with Crippen LogP contribution < -0.4 is 10.1 Å². The molecular formula is C19H23BrN2O4S. The summed E-state index contributed by atoms with van der Waals surface area (Å²) in [5.41, 5.74) is 1.59. The lowest BCUT2D eigenvalue weighted by molar-refractivity contribution is -0.127. The average Bonchev–Trinajstić information content (AvgIpc) is 2.62. The smallest absolute Gasteiger partial charge is 0.261 e. The van der Waals surface area contributed by atoms with E-state index in [1.54, 1.807) is 31.2 Å². The van der Waals surface area contributed by atoms with Gasteiger partial charge in [-0.05, 0) is 59.1 Å². The number of sulfonamides is 1. The van der Waals surface area contributed by atoms with Crippen LogP contribution in [0.25, 0.3) is 0 Å². The van der Waals surface area contributed by atoms with Crippen LogP contribution in [0.15, 0.2) is 51.8 Å². The lowest BCUT2D eigenvalue weighted by Crippen LogP contribution is -2.36. The Kier molecular flexibility index (Phi) is 7.02. The summed E-state index contributed by atoms with van der Waals surface area (Å²) >= 11 is 3.42. The SMILES string of the molecule is Cc1ccc(OC(C)C(=O)NCc2ccccc2S(=O)(=O)N(C)C)c(Br)c1. The van der Waals surface area contributed by atoms with E-state index in [1.807, 2.05) is 19.1 Å². The summed E-state index contributed by atoms with van der Waals surface area (Å²) in [7, 11) is -0.645. The Bertz CT molecular complexity index is 929. The van der Waals surface area contributed by atoms with Crippen molar-refractivity contribution < 1.29 is 17.9 Å². The zero-order chi connectivity index (χ0) is 20.2. The van der Waals surface area contributed by atoms with Gasteiger partial charge in [-0.3, -0.25) is 4.79 Å². The second kappa shape index (κ2) is 8.86. The van der Waals surface area contributed by atoms with Crippen molar-refractivity contribution in [2.45, 2.75) is 31.4 Å². The molecule has 0 aliphatic heterocycles. The number of hydrogen-bond donors (Lipinski definition) is 1. The largest absolute Gasteiger partial charge is 0.480 e. The van der Waals surface area contributed by atoms with Crippen molar-refractivity contribution in [2.75, 3.05) is 14.1 Å². The average molecular weight is 455 g/mol. The summed E-state index contributed by atoms with van der Waals surface area (Å²) < 4.78 is 32.5. The molecule has 0 aliphatic carbocycles. The van der Waals surface area contributed by atoms with Gasteiger partial charge < -0.3 is 10.1 Å². The van der Waals surface area contributed by atoms with Gasteiger partial charge in [0.1, 0.15) is 5.75 Å². The maximum atomic E-state index is 12.4. The van der Waals surface area contributed by atoms with Gasteiger partial charge in [0.2, 0.25) is 10.0 Å². The third-order valence-electron chi connectivity index (χ3n) is 3.94. The lowest BCUT2D eigenvalue weighted by Gasteiger charge is -2.18. The van der Waals surface area contributed by atoms with Crippen LogP contribution in [0.5, 0.6) is 5.75 Å². The van der Waals surface area contributed by atoms with Gasteiger partial charge in [-0.15, -0.1) is 0 Å². The van der Waals surface area contributed by atoms with Crippen molar-refractivity contribution in [2.24, 2.45) is 0 Å². The van der Waals surface area contributed by atoms with Crippen molar-refractivity contribution >= 4 is 31.9 Å². The van der Waals surface area contributed by atoms with E-state index in [0.717, 1.165) is 14.3 Å². The Morgan fingerprint density at radius 1 is 1.22 bits per heavy atom. The maximum Gasteiger partial charge on any atom is 0.261 e. The third kappa shape index (κ3) is 5.31. The molecule has 8 heteroatoms. The monoisotopic (exact) mass is 454 g/mol. The van der Waals surface area contributed by atoms with Crippen LogP contribution in [0.2, 0.25) is 0 Å². The summed E-state index contributed by atoms with van der Waals surface area (Å²) in [6, 6.07) is 12.2. The summed E-state index contributed by atoms with van der Waals surface area (Å²) in [4.78, 5) is 12.6. The molecule has 0 radical (unpaired) electrons. The maximum absolute atomic E-state index is 12.4. The number of amides is 1. The van der Waals surface area contributed by atoms with Crippen LogP contribution in [0.3, 0.4) is 0 Å². The molecule has 2 aromatic rings. The van der Waals surface area contributed by atoms with Gasteiger partial charge in [0, 0.05) is 20.6 Å². The van der Waals surface area contributed by atoms with Gasteiger partial charge in [0.05, 0.1) is 9.37 Å². The van der Waals surface area contributed by atoms with Gasteiger partial charge >= 0.3 is 0 Å². The molecule has 1 unspecified atom stereocenters. The molecule has 0 aromatic heterocycles. The zero-order valence-electron chi connectivity index (χ0n) is 15.7. The highest BCUT2D eigenvalue weighted by molar-refractivity contribution is 9.10. The quantitative estimate of drug-likeness (QED) is 0.697. The first-order valence-electron chi connectivity index (χ1n) is 8.34. The van der Waals surface area contributed by atoms with E-state index in [1.165, 1.54) is 20.2 Å². The van der Waals surface area contributed by atoms with Crippen molar-refractivity contribution in [3.05, 3.63) is 58.1 Å². The molecule has 2 aromatic carbocycles. The second-order valence-corrected chi connectivity index (χ2v) is 9.28. The molecule has 146 valence electrons. The molecule has 0 heterocycles. The van der Waals surface area contributed by atoms with E-state index in [-0.39, 0.29) is 17.3 Å². The first-order chi connectivity index (χ1) is 12.6. The first kappa shape index (κ1) is 21.4. The lowest BCUT2D eigenvalue weighted by atomic mass is 10.2. The molecule has 1 amide bonds. The second-order valence-electron chi connectivity index (χ2n) is 6.31. The number of hydrogen-bond acceptors (Lipinski definition) is 4. The van der Waals surface area contributed by atoms with Crippen molar-refractivity contribution in [3.63, 3.8) is 0 Å². The fraction of sp³-hybridized carbons (Fsp3) is 0.316. The van der Waals surface area contributed by atoms with E-state index in [9.17, 15) is 13.2 Å². The highest BCUT2D eigenvalue weighted by Crippen LogP contribution is 2.26. The number of aryl methyl sites for hydroxylation is 1. The predicted molar refractivity (Wildman–Crippen MR) is 108 cm³/mol. The molecule has 0 saturated heterocycles. The topological polar surface area (TPSA) is 75.7 Å². The van der Waals surface area contributed by atoms with Gasteiger partial charge in [-0.1, -0.05) is 24.3 Å². The van der Waals surface area contributed by atoms with Crippen molar-refractivity contribution in [3.8, 4) is 5.75 Å². The first-order valence-corrected chi connectivity index (χ1v) is 10.6. The van der Waals surface area contributed by atoms with Crippen molar-refractivity contribution in [1.29, 1.82) is 0 Å². The molecule has 1 N–H and O–H groups in total. The van der Waals surface area contributed by atoms with E-state index in [0.29, 0.717) is 11.3 Å². The highest BCUT2D eigenvalue weighted by atomic mass is 79.9. The Labute approximate surface area is 168 Å². The fourth-order valence-corrected chi connectivity index (χ4v) is 4.07. The number of nitrogens with zero attached hydrogens (tertiary/aromatic N) is 1. The van der Waals surface area contributed by atoms with E-state index >= 15 is 0 Å². The number of rotatable bonds is 7. The number of carbonyl (C=O) groups excluding carboxylic acids is 1. The number of carbonyl (C=O) groups is 1. The Balaban J connectivity index is 2.07. The fourth-order valence-electron chi connectivity index (χ4n) is 2.37. The Hall–Kier alpha value is -1.90. The molecule has 1 atom stereocenters. The van der Waals surface area contributed by atoms with E-state index < -0.39 is 16.1 Å². The molecule has 0 bridgehead atoms. The molecule has 2 rings (SSSR count). The summed E-state index contributed by atoms with van der Waals surface area (Å²) in [5.74, 6) is 0.235. The number of ether oxygens (including phenoxy) is 1. The van der Waals surface area contributed by atoms with Crippen LogP contribution in [0.1, 0.15) is 18.1 Å². The standard InChI is InChI=1S/C19H23BrN2O4S/c1-13-9-10-17(16(20)11-13)26-14(2)19(23)21-12-15-7-5-6-8-18(15)27(24,25)22(3)4/h5-11,14H,12H2,1-4H3,(H,21,23). The molecule has 0 aliphatic rings. The highest BCUT2D eigenvalue weighted by Gasteiger charge is 2.22. The molecule has 0 spiro atoms. The summed E-state index contributed by atoms with van der Waals surface area (Å²) in [6.07, 6.45) is -0.735. The molecule has 0 saturated carbocycles. The normalized spacial score (nSPS) is 12.7. The van der Waals surface area contributed by atoms with Gasteiger partial charge in [0.25, 0.3) is 5.91 Å². The zero-order valence-corrected chi connectivity index (χ0v) is 18.1. The predicted octanol–water partition coefficient (Wildman–Crippen LogP) is 3.09. The molecule has 27 heavy (non-hydrogen) atoms. The van der Waals surface area contributed by atoms with Gasteiger partial charge in [0.15, 0.2) is 6.10 Å². The molecular weight excluding hydrogens is 432 g/mol. The van der Waals surface area contributed by atoms with Crippen molar-refractivity contribution in [1.82, 2.24) is 9.62 Å². The van der Waals surface area contributed by atoms with Crippen LogP contribution in [-0.2, 0) is 21.4 Å². The minimum atomic E-state index is -3.59. The van der Waals surface area contributed by atoms with Gasteiger partial charge in [-0.2, -0.15) is 0 Å². The number of benzene rings is 2. The van der Waals surface area contributed by atoms with Crippen LogP contribution >= 0.6 is 15.9 Å². The summed E-state index contributed by atoms with van der Waals surface area (Å²) in [6.45, 7) is 3.69. The molecule has 0 fully saturated rings. The Morgan fingerprint density at radius 3 is 2.52 bits per heavy atom. The van der Waals surface area contributed by atoms with Crippen LogP contribution in [-0.4, -0.2) is 38.8 Å². The van der Waals surface area contributed by atoms with Crippen LogP contribution in [0, 0.1) is 6.92 Å². The summed E-state index contributed by atoms with van der Waals surface area (Å²) in [5, 5.41) is 2.74. The number of halogens is 1. The van der Waals surface area contributed by atoms with E-state index in [2.05, 4.69) is 21.2 Å². The third-order valence-corrected chi connectivity index (χ3v) is 6.48. The van der Waals surface area contributed by atoms with Gasteiger partial charge in [-0.25, -0.2) is 12.7 Å². The molecule has 6 nitrogen and oxygen atoms in total. The van der Waals surface area contributed by atoms with Crippen LogP contribution in [0.4, 0.5) is 0 Å². The number of nitrogens with one attached hydrogen (secondary N) is 1.